The molecule has 1 unspecified atom stereocenters. The summed E-state index contributed by atoms with van der Waals surface area (Å²) in [6, 6.07) is 3.17. The van der Waals surface area contributed by atoms with Crippen LogP contribution in [0.3, 0.4) is 0 Å². The summed E-state index contributed by atoms with van der Waals surface area (Å²) in [4.78, 5) is 13.5. The molecule has 1 aromatic rings. The fourth-order valence-corrected chi connectivity index (χ4v) is 1.54. The van der Waals surface area contributed by atoms with E-state index in [1.807, 2.05) is 0 Å². The summed E-state index contributed by atoms with van der Waals surface area (Å²) >= 11 is 0. The minimum atomic E-state index is -1.16. The molecule has 0 radical (unpaired) electrons. The van der Waals surface area contributed by atoms with Crippen LogP contribution in [0.25, 0.3) is 0 Å². The third kappa shape index (κ3) is 3.04. The number of isocyanates is 1. The topological polar surface area (TPSA) is 47.9 Å². The molecule has 5 heteroatoms. The second kappa shape index (κ2) is 6.01. The molecule has 92 valence electrons. The zero-order valence-corrected chi connectivity index (χ0v) is 9.99. The zero-order chi connectivity index (χ0) is 12.8. The van der Waals surface area contributed by atoms with Crippen LogP contribution in [0.4, 0.5) is 4.39 Å². The summed E-state index contributed by atoms with van der Waals surface area (Å²) < 4.78 is 23.6. The number of aliphatic imine (C=N–C) groups is 1. The van der Waals surface area contributed by atoms with Gasteiger partial charge in [-0.2, -0.15) is 0 Å². The molecule has 0 aliphatic heterocycles. The van der Waals surface area contributed by atoms with E-state index in [9.17, 15) is 9.18 Å². The minimum absolute atomic E-state index is 0.129. The summed E-state index contributed by atoms with van der Waals surface area (Å²) in [6.45, 7) is 1.55. The Morgan fingerprint density at radius 2 is 2.00 bits per heavy atom. The Morgan fingerprint density at radius 3 is 2.47 bits per heavy atom. The summed E-state index contributed by atoms with van der Waals surface area (Å²) in [5, 5.41) is 0. The van der Waals surface area contributed by atoms with Gasteiger partial charge in [-0.3, -0.25) is 0 Å². The Balaban J connectivity index is 3.26. The Morgan fingerprint density at radius 1 is 1.35 bits per heavy atom. The van der Waals surface area contributed by atoms with Crippen LogP contribution in [0, 0.1) is 0 Å². The quantitative estimate of drug-likeness (QED) is 0.586. The molecular weight excluding hydrogens is 225 g/mol. The van der Waals surface area contributed by atoms with Gasteiger partial charge in [-0.15, -0.1) is 0 Å². The van der Waals surface area contributed by atoms with Gasteiger partial charge in [0.2, 0.25) is 6.08 Å². The van der Waals surface area contributed by atoms with E-state index < -0.39 is 6.17 Å². The lowest BCUT2D eigenvalue weighted by Gasteiger charge is -2.14. The minimum Gasteiger partial charge on any atom is -0.496 e. The molecule has 1 aromatic carbocycles. The fraction of sp³-hybridized carbons (Fsp3) is 0.417. The van der Waals surface area contributed by atoms with Crippen LogP contribution in [0.5, 0.6) is 11.5 Å². The van der Waals surface area contributed by atoms with Crippen LogP contribution < -0.4 is 9.47 Å². The van der Waals surface area contributed by atoms with Crippen LogP contribution >= 0.6 is 0 Å². The van der Waals surface area contributed by atoms with Crippen molar-refractivity contribution in [3.05, 3.63) is 23.3 Å². The van der Waals surface area contributed by atoms with E-state index in [1.165, 1.54) is 27.2 Å². The molecule has 0 aliphatic carbocycles. The van der Waals surface area contributed by atoms with Crippen molar-refractivity contribution in [2.75, 3.05) is 14.2 Å². The molecule has 17 heavy (non-hydrogen) atoms. The molecule has 0 heterocycles. The second-order valence-electron chi connectivity index (χ2n) is 3.43. The predicted octanol–water partition coefficient (Wildman–Crippen LogP) is 2.57. The highest BCUT2D eigenvalue weighted by atomic mass is 19.1. The molecular formula is C12H14FNO3. The number of hydrogen-bond acceptors (Lipinski definition) is 4. The second-order valence-corrected chi connectivity index (χ2v) is 3.43. The maximum absolute atomic E-state index is 13.4. The summed E-state index contributed by atoms with van der Waals surface area (Å²) in [5.41, 5.74) is 1.06. The predicted molar refractivity (Wildman–Crippen MR) is 60.9 cm³/mol. The van der Waals surface area contributed by atoms with E-state index in [4.69, 9.17) is 9.47 Å². The largest absolute Gasteiger partial charge is 0.496 e. The van der Waals surface area contributed by atoms with E-state index in [0.29, 0.717) is 22.6 Å². The molecule has 0 amide bonds. The van der Waals surface area contributed by atoms with Crippen LogP contribution in [-0.4, -0.2) is 20.3 Å². The molecule has 4 nitrogen and oxygen atoms in total. The van der Waals surface area contributed by atoms with Crippen molar-refractivity contribution >= 4 is 6.08 Å². The number of halogens is 1. The highest BCUT2D eigenvalue weighted by Crippen LogP contribution is 2.34. The van der Waals surface area contributed by atoms with Crippen molar-refractivity contribution < 1.29 is 18.7 Å². The molecule has 0 aliphatic rings. The molecule has 0 N–H and O–H groups in total. The van der Waals surface area contributed by atoms with Crippen molar-refractivity contribution in [3.63, 3.8) is 0 Å². The van der Waals surface area contributed by atoms with Gasteiger partial charge in [0.05, 0.1) is 20.8 Å². The molecule has 0 fully saturated rings. The van der Waals surface area contributed by atoms with Gasteiger partial charge in [-0.25, -0.2) is 14.2 Å². The highest BCUT2D eigenvalue weighted by molar-refractivity contribution is 5.48. The number of rotatable bonds is 5. The van der Waals surface area contributed by atoms with Crippen LogP contribution in [0.1, 0.15) is 24.2 Å². The van der Waals surface area contributed by atoms with Gasteiger partial charge in [0.15, 0.2) is 0 Å². The Labute approximate surface area is 99.1 Å². The lowest BCUT2D eigenvalue weighted by Crippen LogP contribution is -1.98. The normalized spacial score (nSPS) is 11.5. The SMILES string of the molecule is COc1cc(C(C)F)c(OC)cc1CN=C=O. The average Bonchev–Trinajstić information content (AvgIpc) is 2.34. The van der Waals surface area contributed by atoms with Crippen LogP contribution in [-0.2, 0) is 11.3 Å². The summed E-state index contributed by atoms with van der Waals surface area (Å²) in [6.07, 6.45) is 0.283. The van der Waals surface area contributed by atoms with Gasteiger partial charge in [0.1, 0.15) is 17.7 Å². The smallest absolute Gasteiger partial charge is 0.235 e. The Hall–Kier alpha value is -1.87. The third-order valence-corrected chi connectivity index (χ3v) is 2.38. The number of ether oxygens (including phenoxy) is 2. The van der Waals surface area contributed by atoms with Gasteiger partial charge >= 0.3 is 0 Å². The van der Waals surface area contributed by atoms with Gasteiger partial charge in [0.25, 0.3) is 0 Å². The average molecular weight is 239 g/mol. The maximum Gasteiger partial charge on any atom is 0.235 e. The molecule has 0 saturated heterocycles. The lowest BCUT2D eigenvalue weighted by molar-refractivity contribution is 0.341. The van der Waals surface area contributed by atoms with Gasteiger partial charge in [-0.1, -0.05) is 0 Å². The number of methoxy groups -OCH3 is 2. The third-order valence-electron chi connectivity index (χ3n) is 2.38. The summed E-state index contributed by atoms with van der Waals surface area (Å²) in [7, 11) is 2.93. The van der Waals surface area contributed by atoms with Crippen molar-refractivity contribution in [1.29, 1.82) is 0 Å². The molecule has 0 aromatic heterocycles. The van der Waals surface area contributed by atoms with E-state index in [2.05, 4.69) is 4.99 Å². The number of hydrogen-bond donors (Lipinski definition) is 0. The number of carbonyl (C=O) groups excluding carboxylic acids is 1. The monoisotopic (exact) mass is 239 g/mol. The van der Waals surface area contributed by atoms with Crippen LogP contribution in [0.15, 0.2) is 17.1 Å². The first-order valence-electron chi connectivity index (χ1n) is 5.06. The Kier molecular flexibility index (Phi) is 4.67. The molecule has 0 saturated carbocycles. The zero-order valence-electron chi connectivity index (χ0n) is 9.99. The first-order chi connectivity index (χ1) is 8.13. The standard InChI is InChI=1S/C12H14FNO3/c1-8(13)10-5-11(16-2)9(6-14-7-15)4-12(10)17-3/h4-5,8H,6H2,1-3H3. The highest BCUT2D eigenvalue weighted by Gasteiger charge is 2.15. The van der Waals surface area contributed by atoms with Crippen molar-refractivity contribution in [2.45, 2.75) is 19.6 Å². The van der Waals surface area contributed by atoms with E-state index in [0.717, 1.165) is 0 Å². The number of alkyl halides is 1. The van der Waals surface area contributed by atoms with Crippen molar-refractivity contribution in [2.24, 2.45) is 4.99 Å². The number of nitrogens with zero attached hydrogens (tertiary/aromatic N) is 1. The summed E-state index contributed by atoms with van der Waals surface area (Å²) in [5.74, 6) is 0.890. The molecule has 0 spiro atoms. The van der Waals surface area contributed by atoms with Gasteiger partial charge in [0, 0.05) is 11.1 Å². The first kappa shape index (κ1) is 13.2. The van der Waals surface area contributed by atoms with Crippen molar-refractivity contribution in [3.8, 4) is 11.5 Å². The molecule has 1 atom stereocenters. The number of benzene rings is 1. The maximum atomic E-state index is 13.4. The molecule has 1 rings (SSSR count). The van der Waals surface area contributed by atoms with Crippen molar-refractivity contribution in [1.82, 2.24) is 0 Å². The fourth-order valence-electron chi connectivity index (χ4n) is 1.54. The van der Waals surface area contributed by atoms with E-state index in [1.54, 1.807) is 12.1 Å². The first-order valence-corrected chi connectivity index (χ1v) is 5.06. The van der Waals surface area contributed by atoms with Gasteiger partial charge < -0.3 is 9.47 Å². The molecule has 0 bridgehead atoms. The Bertz CT molecular complexity index is 440. The van der Waals surface area contributed by atoms with Crippen LogP contribution in [0.2, 0.25) is 0 Å². The van der Waals surface area contributed by atoms with E-state index in [-0.39, 0.29) is 6.54 Å². The lowest BCUT2D eigenvalue weighted by atomic mass is 10.1. The van der Waals surface area contributed by atoms with Gasteiger partial charge in [-0.05, 0) is 19.1 Å². The van der Waals surface area contributed by atoms with E-state index >= 15 is 0 Å².